The third-order valence-corrected chi connectivity index (χ3v) is 3.47. The number of nitrogens with zero attached hydrogens (tertiary/aromatic N) is 3. The lowest BCUT2D eigenvalue weighted by atomic mass is 10.2. The highest BCUT2D eigenvalue weighted by Gasteiger charge is 2.18. The lowest BCUT2D eigenvalue weighted by molar-refractivity contribution is -0.00869. The molecule has 2 rings (SSSR count). The minimum absolute atomic E-state index is 0.119. The molecule has 2 heterocycles. The molecule has 1 aliphatic rings. The fourth-order valence-electron chi connectivity index (χ4n) is 2.38. The number of fused-ring (bicyclic) bond motifs is 1. The van der Waals surface area contributed by atoms with Gasteiger partial charge in [0.25, 0.3) is 0 Å². The molecule has 0 aromatic carbocycles. The molecule has 0 fully saturated rings. The van der Waals surface area contributed by atoms with Crippen LogP contribution in [0.5, 0.6) is 0 Å². The number of carbonyl (C=O) groups is 1. The number of hydrogen-bond donors (Lipinski definition) is 1. The molecule has 0 unspecified atom stereocenters. The lowest BCUT2D eigenvalue weighted by Gasteiger charge is -2.24. The number of rotatable bonds is 5. The molecule has 0 radical (unpaired) electrons. The van der Waals surface area contributed by atoms with Crippen LogP contribution in [0.4, 0.5) is 10.6 Å². The number of carbonyl (C=O) groups excluding carboxylic acids is 1. The van der Waals surface area contributed by atoms with Gasteiger partial charge in [0, 0.05) is 31.4 Å². The number of aromatic nitrogens is 2. The fourth-order valence-corrected chi connectivity index (χ4v) is 2.38. The zero-order valence-corrected chi connectivity index (χ0v) is 13.5. The van der Waals surface area contributed by atoms with E-state index in [0.29, 0.717) is 25.5 Å². The Hall–Kier alpha value is -1.56. The van der Waals surface area contributed by atoms with E-state index in [2.05, 4.69) is 10.4 Å². The Balaban J connectivity index is 1.84. The van der Waals surface area contributed by atoms with E-state index in [1.807, 2.05) is 38.4 Å². The zero-order valence-electron chi connectivity index (χ0n) is 13.5. The highest BCUT2D eigenvalue weighted by molar-refractivity contribution is 5.88. The summed E-state index contributed by atoms with van der Waals surface area (Å²) < 4.78 is 7.64. The van der Waals surface area contributed by atoms with Gasteiger partial charge in [-0.3, -0.25) is 10.00 Å². The predicted octanol–water partition coefficient (Wildman–Crippen LogP) is 2.50. The van der Waals surface area contributed by atoms with Crippen molar-refractivity contribution in [1.29, 1.82) is 0 Å². The summed E-state index contributed by atoms with van der Waals surface area (Å²) in [6, 6.07) is 1.84. The molecule has 21 heavy (non-hydrogen) atoms. The van der Waals surface area contributed by atoms with Crippen LogP contribution in [0.3, 0.4) is 0 Å². The molecule has 0 saturated heterocycles. The van der Waals surface area contributed by atoms with Crippen LogP contribution in [0.2, 0.25) is 0 Å². The van der Waals surface area contributed by atoms with Gasteiger partial charge in [0.05, 0.1) is 12.2 Å². The summed E-state index contributed by atoms with van der Waals surface area (Å²) in [6.45, 7) is 10.7. The summed E-state index contributed by atoms with van der Waals surface area (Å²) in [7, 11) is 0. The molecule has 1 aromatic rings. The van der Waals surface area contributed by atoms with Crippen molar-refractivity contribution in [3.05, 3.63) is 11.8 Å². The molecule has 118 valence electrons. The van der Waals surface area contributed by atoms with Crippen LogP contribution < -0.4 is 5.32 Å². The number of likely N-dealkylation sites (N-methyl/N-ethyl adjacent to an activating group) is 1. The SMILES string of the molecule is CCN(CCOC(C)(C)C)C(=O)Nc1cc2n(n1)CCC2. The molecule has 0 aliphatic carbocycles. The number of ether oxygens (including phenoxy) is 1. The molecule has 0 spiro atoms. The van der Waals surface area contributed by atoms with E-state index in [1.54, 1.807) is 4.90 Å². The average Bonchev–Trinajstić information content (AvgIpc) is 2.93. The number of urea groups is 1. The van der Waals surface area contributed by atoms with E-state index < -0.39 is 0 Å². The van der Waals surface area contributed by atoms with Crippen molar-refractivity contribution in [2.75, 3.05) is 25.0 Å². The first-order valence-electron chi connectivity index (χ1n) is 7.65. The average molecular weight is 294 g/mol. The van der Waals surface area contributed by atoms with Crippen molar-refractivity contribution in [2.24, 2.45) is 0 Å². The van der Waals surface area contributed by atoms with Gasteiger partial charge in [-0.25, -0.2) is 4.79 Å². The summed E-state index contributed by atoms with van der Waals surface area (Å²) >= 11 is 0. The Labute approximate surface area is 126 Å². The van der Waals surface area contributed by atoms with Gasteiger partial charge in [-0.1, -0.05) is 0 Å². The third kappa shape index (κ3) is 4.46. The summed E-state index contributed by atoms with van der Waals surface area (Å²) in [5, 5.41) is 7.26. The van der Waals surface area contributed by atoms with Crippen molar-refractivity contribution in [2.45, 2.75) is 52.7 Å². The second-order valence-electron chi connectivity index (χ2n) is 6.32. The molecule has 1 aromatic heterocycles. The molecule has 0 saturated carbocycles. The maximum Gasteiger partial charge on any atom is 0.323 e. The lowest BCUT2D eigenvalue weighted by Crippen LogP contribution is -2.38. The summed E-state index contributed by atoms with van der Waals surface area (Å²) in [5.74, 6) is 0.643. The van der Waals surface area contributed by atoms with E-state index in [-0.39, 0.29) is 11.6 Å². The number of aryl methyl sites for hydroxylation is 2. The van der Waals surface area contributed by atoms with Crippen molar-refractivity contribution < 1.29 is 9.53 Å². The molecular formula is C15H26N4O2. The first-order chi connectivity index (χ1) is 9.89. The Morgan fingerprint density at radius 2 is 2.29 bits per heavy atom. The Morgan fingerprint density at radius 3 is 2.90 bits per heavy atom. The van der Waals surface area contributed by atoms with Gasteiger partial charge in [-0.15, -0.1) is 0 Å². The predicted molar refractivity (Wildman–Crippen MR) is 82.5 cm³/mol. The highest BCUT2D eigenvalue weighted by atomic mass is 16.5. The number of anilines is 1. The standard InChI is InChI=1S/C15H26N4O2/c1-5-18(9-10-21-15(2,3)4)14(20)16-13-11-12-7-6-8-19(12)17-13/h11H,5-10H2,1-4H3,(H,16,17,20). The van der Waals surface area contributed by atoms with Gasteiger partial charge in [0.2, 0.25) is 0 Å². The van der Waals surface area contributed by atoms with Gasteiger partial charge in [-0.2, -0.15) is 5.10 Å². The quantitative estimate of drug-likeness (QED) is 0.907. The molecular weight excluding hydrogens is 268 g/mol. The van der Waals surface area contributed by atoms with Crippen molar-refractivity contribution in [3.63, 3.8) is 0 Å². The molecule has 0 atom stereocenters. The van der Waals surface area contributed by atoms with E-state index in [1.165, 1.54) is 5.69 Å². The summed E-state index contributed by atoms with van der Waals surface area (Å²) in [5.41, 5.74) is 1.02. The number of hydrogen-bond acceptors (Lipinski definition) is 3. The van der Waals surface area contributed by atoms with Crippen molar-refractivity contribution >= 4 is 11.8 Å². The van der Waals surface area contributed by atoms with Gasteiger partial charge < -0.3 is 9.64 Å². The first-order valence-corrected chi connectivity index (χ1v) is 7.65. The van der Waals surface area contributed by atoms with Gasteiger partial charge in [0.15, 0.2) is 5.82 Å². The second-order valence-corrected chi connectivity index (χ2v) is 6.32. The topological polar surface area (TPSA) is 59.4 Å². The highest BCUT2D eigenvalue weighted by Crippen LogP contribution is 2.18. The fraction of sp³-hybridized carbons (Fsp3) is 0.733. The van der Waals surface area contributed by atoms with Crippen LogP contribution in [0.25, 0.3) is 0 Å². The van der Waals surface area contributed by atoms with Crippen molar-refractivity contribution in [1.82, 2.24) is 14.7 Å². The van der Waals surface area contributed by atoms with Crippen LogP contribution in [0.1, 0.15) is 39.8 Å². The largest absolute Gasteiger partial charge is 0.374 e. The van der Waals surface area contributed by atoms with Crippen LogP contribution in [-0.4, -0.2) is 46.0 Å². The van der Waals surface area contributed by atoms with Crippen LogP contribution in [-0.2, 0) is 17.7 Å². The molecule has 1 N–H and O–H groups in total. The summed E-state index contributed by atoms with van der Waals surface area (Å²) in [4.78, 5) is 14.0. The minimum atomic E-state index is -0.180. The van der Waals surface area contributed by atoms with Crippen LogP contribution >= 0.6 is 0 Å². The van der Waals surface area contributed by atoms with Gasteiger partial charge in [-0.05, 0) is 40.5 Å². The molecule has 1 aliphatic heterocycles. The molecule has 6 nitrogen and oxygen atoms in total. The number of amides is 2. The van der Waals surface area contributed by atoms with Crippen molar-refractivity contribution in [3.8, 4) is 0 Å². The van der Waals surface area contributed by atoms with E-state index in [9.17, 15) is 4.79 Å². The van der Waals surface area contributed by atoms with E-state index in [4.69, 9.17) is 4.74 Å². The molecule has 6 heteroatoms. The van der Waals surface area contributed by atoms with E-state index in [0.717, 1.165) is 19.4 Å². The van der Waals surface area contributed by atoms with Gasteiger partial charge in [0.1, 0.15) is 0 Å². The smallest absolute Gasteiger partial charge is 0.323 e. The first kappa shape index (κ1) is 15.8. The third-order valence-electron chi connectivity index (χ3n) is 3.47. The minimum Gasteiger partial charge on any atom is -0.374 e. The van der Waals surface area contributed by atoms with Gasteiger partial charge >= 0.3 is 6.03 Å². The summed E-state index contributed by atoms with van der Waals surface area (Å²) in [6.07, 6.45) is 2.18. The normalized spacial score (nSPS) is 14.1. The second kappa shape index (κ2) is 6.47. The Kier molecular flexibility index (Phi) is 4.88. The maximum atomic E-state index is 12.2. The van der Waals surface area contributed by atoms with E-state index >= 15 is 0 Å². The van der Waals surface area contributed by atoms with Crippen LogP contribution in [0.15, 0.2) is 6.07 Å². The monoisotopic (exact) mass is 294 g/mol. The molecule has 2 amide bonds. The van der Waals surface area contributed by atoms with Crippen LogP contribution in [0, 0.1) is 0 Å². The number of nitrogens with one attached hydrogen (secondary N) is 1. The Morgan fingerprint density at radius 1 is 1.52 bits per heavy atom. The zero-order chi connectivity index (χ0) is 15.5. The maximum absolute atomic E-state index is 12.2. The Bertz CT molecular complexity index is 469. The molecule has 0 bridgehead atoms.